The average Bonchev–Trinajstić information content (AvgIpc) is 2.98. The second-order valence-corrected chi connectivity index (χ2v) is 9.61. The van der Waals surface area contributed by atoms with Crippen LogP contribution in [0, 0.1) is 0 Å². The first kappa shape index (κ1) is 19.8. The molecule has 0 aliphatic carbocycles. The Balaban J connectivity index is 1.44. The summed E-state index contributed by atoms with van der Waals surface area (Å²) in [6, 6.07) is 4.98. The third-order valence-electron chi connectivity index (χ3n) is 4.13. The van der Waals surface area contributed by atoms with E-state index in [1.807, 2.05) is 6.07 Å². The van der Waals surface area contributed by atoms with Crippen molar-refractivity contribution in [2.75, 3.05) is 30.5 Å². The maximum atomic E-state index is 12.1. The highest BCUT2D eigenvalue weighted by atomic mass is 32.2. The van der Waals surface area contributed by atoms with Gasteiger partial charge in [0.2, 0.25) is 0 Å². The molecule has 1 N–H and O–H groups in total. The number of sulfone groups is 1. The molecule has 1 fully saturated rings. The number of hydrogen-bond acceptors (Lipinski definition) is 8. The largest absolute Gasteiger partial charge is 0.486 e. The monoisotopic (exact) mass is 415 g/mol. The summed E-state index contributed by atoms with van der Waals surface area (Å²) in [7, 11) is -3.08. The van der Waals surface area contributed by atoms with Crippen LogP contribution in [0.1, 0.15) is 13.3 Å². The van der Waals surface area contributed by atoms with Crippen molar-refractivity contribution in [3.8, 4) is 11.5 Å². The second-order valence-electron chi connectivity index (χ2n) is 6.33. The molecule has 2 heterocycles. The first-order valence-electron chi connectivity index (χ1n) is 8.55. The van der Waals surface area contributed by atoms with Crippen LogP contribution in [-0.2, 0) is 24.2 Å². The van der Waals surface area contributed by atoms with Gasteiger partial charge < -0.3 is 19.5 Å². The van der Waals surface area contributed by atoms with Crippen LogP contribution in [0.5, 0.6) is 11.5 Å². The summed E-state index contributed by atoms with van der Waals surface area (Å²) in [4.78, 5) is 24.9. The SMILES string of the molecule is C[C@H](OC(=O)CSc1ccc2c(c1)OCCO2)C(=O)N[C@H]1CCS(=O)(=O)C1. The Morgan fingerprint density at radius 3 is 2.74 bits per heavy atom. The van der Waals surface area contributed by atoms with Gasteiger partial charge in [-0.1, -0.05) is 0 Å². The second kappa shape index (κ2) is 8.39. The van der Waals surface area contributed by atoms with E-state index in [0.717, 1.165) is 4.90 Å². The van der Waals surface area contributed by atoms with Crippen LogP contribution in [0.25, 0.3) is 0 Å². The third kappa shape index (κ3) is 5.52. The first-order valence-corrected chi connectivity index (χ1v) is 11.4. The average molecular weight is 415 g/mol. The summed E-state index contributed by atoms with van der Waals surface area (Å²) in [5.41, 5.74) is 0. The van der Waals surface area contributed by atoms with Gasteiger partial charge in [0, 0.05) is 10.9 Å². The van der Waals surface area contributed by atoms with Crippen molar-refractivity contribution in [1.82, 2.24) is 5.32 Å². The van der Waals surface area contributed by atoms with Crippen molar-refractivity contribution in [2.24, 2.45) is 0 Å². The lowest BCUT2D eigenvalue weighted by molar-refractivity contribution is -0.152. The van der Waals surface area contributed by atoms with E-state index >= 15 is 0 Å². The van der Waals surface area contributed by atoms with Gasteiger partial charge in [-0.25, -0.2) is 8.42 Å². The summed E-state index contributed by atoms with van der Waals surface area (Å²) in [5, 5.41) is 2.62. The van der Waals surface area contributed by atoms with Crippen LogP contribution in [-0.4, -0.2) is 62.9 Å². The number of ether oxygens (including phenoxy) is 3. The quantitative estimate of drug-likeness (QED) is 0.537. The zero-order chi connectivity index (χ0) is 19.4. The predicted molar refractivity (Wildman–Crippen MR) is 98.9 cm³/mol. The maximum Gasteiger partial charge on any atom is 0.317 e. The minimum atomic E-state index is -3.08. The van der Waals surface area contributed by atoms with Crippen molar-refractivity contribution >= 4 is 33.5 Å². The molecule has 0 aromatic heterocycles. The summed E-state index contributed by atoms with van der Waals surface area (Å²) in [6.07, 6.45) is -0.601. The highest BCUT2D eigenvalue weighted by Gasteiger charge is 2.30. The van der Waals surface area contributed by atoms with Crippen LogP contribution in [0.15, 0.2) is 23.1 Å². The van der Waals surface area contributed by atoms with E-state index in [9.17, 15) is 18.0 Å². The van der Waals surface area contributed by atoms with E-state index in [1.165, 1.54) is 18.7 Å². The number of thioether (sulfide) groups is 1. The van der Waals surface area contributed by atoms with Gasteiger partial charge in [0.1, 0.15) is 13.2 Å². The number of carbonyl (C=O) groups excluding carboxylic acids is 2. The summed E-state index contributed by atoms with van der Waals surface area (Å²) in [6.45, 7) is 2.46. The zero-order valence-electron chi connectivity index (χ0n) is 14.8. The fraction of sp³-hybridized carbons (Fsp3) is 0.529. The van der Waals surface area contributed by atoms with Gasteiger partial charge in [-0.3, -0.25) is 9.59 Å². The molecular weight excluding hydrogens is 394 g/mol. The smallest absolute Gasteiger partial charge is 0.317 e. The fourth-order valence-corrected chi connectivity index (χ4v) is 5.15. The molecule has 0 bridgehead atoms. The van der Waals surface area contributed by atoms with E-state index in [4.69, 9.17) is 14.2 Å². The first-order chi connectivity index (χ1) is 12.8. The van der Waals surface area contributed by atoms with Gasteiger partial charge in [-0.2, -0.15) is 0 Å². The van der Waals surface area contributed by atoms with Crippen molar-refractivity contribution in [1.29, 1.82) is 0 Å². The summed E-state index contributed by atoms with van der Waals surface area (Å²) >= 11 is 1.27. The molecule has 148 valence electrons. The van der Waals surface area contributed by atoms with Crippen molar-refractivity contribution in [3.05, 3.63) is 18.2 Å². The van der Waals surface area contributed by atoms with E-state index in [2.05, 4.69) is 5.32 Å². The van der Waals surface area contributed by atoms with Crippen LogP contribution in [0.4, 0.5) is 0 Å². The number of nitrogens with one attached hydrogen (secondary N) is 1. The standard InChI is InChI=1S/C17H21NO7S2/c1-11(17(20)18-12-4-7-27(21,22)10-12)25-16(19)9-26-13-2-3-14-15(8-13)24-6-5-23-14/h2-3,8,11-12H,4-7,9-10H2,1H3,(H,18,20)/t11-,12-/m0/s1. The maximum absolute atomic E-state index is 12.1. The highest BCUT2D eigenvalue weighted by molar-refractivity contribution is 8.00. The van der Waals surface area contributed by atoms with E-state index in [0.29, 0.717) is 31.1 Å². The van der Waals surface area contributed by atoms with Gasteiger partial charge in [0.05, 0.1) is 17.3 Å². The number of rotatable bonds is 6. The highest BCUT2D eigenvalue weighted by Crippen LogP contribution is 2.34. The fourth-order valence-electron chi connectivity index (χ4n) is 2.77. The summed E-state index contributed by atoms with van der Waals surface area (Å²) < 4.78 is 38.9. The Morgan fingerprint density at radius 1 is 1.30 bits per heavy atom. The molecule has 10 heteroatoms. The Kier molecular flexibility index (Phi) is 6.15. The molecule has 8 nitrogen and oxygen atoms in total. The molecule has 3 rings (SSSR count). The van der Waals surface area contributed by atoms with Crippen LogP contribution < -0.4 is 14.8 Å². The molecule has 0 radical (unpaired) electrons. The Morgan fingerprint density at radius 2 is 2.04 bits per heavy atom. The number of fused-ring (bicyclic) bond motifs is 1. The minimum absolute atomic E-state index is 0.0368. The molecule has 27 heavy (non-hydrogen) atoms. The number of hydrogen-bond donors (Lipinski definition) is 1. The van der Waals surface area contributed by atoms with Crippen molar-refractivity contribution in [2.45, 2.75) is 30.4 Å². The van der Waals surface area contributed by atoms with Crippen LogP contribution in [0.3, 0.4) is 0 Å². The van der Waals surface area contributed by atoms with Crippen molar-refractivity contribution < 1.29 is 32.2 Å². The lowest BCUT2D eigenvalue weighted by Gasteiger charge is -2.19. The molecule has 1 amide bonds. The number of benzene rings is 1. The van der Waals surface area contributed by atoms with Gasteiger partial charge in [0.15, 0.2) is 27.4 Å². The lowest BCUT2D eigenvalue weighted by atomic mass is 10.2. The van der Waals surface area contributed by atoms with Crippen LogP contribution >= 0.6 is 11.8 Å². The Hall–Kier alpha value is -1.94. The molecule has 2 aliphatic rings. The third-order valence-corrected chi connectivity index (χ3v) is 6.86. The minimum Gasteiger partial charge on any atom is -0.486 e. The van der Waals surface area contributed by atoms with Gasteiger partial charge in [-0.05, 0) is 31.5 Å². The van der Waals surface area contributed by atoms with E-state index < -0.39 is 33.9 Å². The topological polar surface area (TPSA) is 108 Å². The van der Waals surface area contributed by atoms with Crippen LogP contribution in [0.2, 0.25) is 0 Å². The molecule has 2 aliphatic heterocycles. The number of amides is 1. The molecule has 2 atom stereocenters. The summed E-state index contributed by atoms with van der Waals surface area (Å²) in [5.74, 6) is 0.324. The number of esters is 1. The lowest BCUT2D eigenvalue weighted by Crippen LogP contribution is -2.42. The predicted octanol–water partition coefficient (Wildman–Crippen LogP) is 0.785. The zero-order valence-corrected chi connectivity index (χ0v) is 16.4. The Labute approximate surface area is 161 Å². The van der Waals surface area contributed by atoms with Gasteiger partial charge >= 0.3 is 5.97 Å². The molecule has 0 saturated carbocycles. The number of carbonyl (C=O) groups is 2. The van der Waals surface area contributed by atoms with E-state index in [-0.39, 0.29) is 17.3 Å². The molecule has 0 spiro atoms. The molecule has 1 aromatic rings. The molecule has 1 saturated heterocycles. The van der Waals surface area contributed by atoms with Crippen molar-refractivity contribution in [3.63, 3.8) is 0 Å². The Bertz CT molecular complexity index is 825. The molecule has 0 unspecified atom stereocenters. The molecular formula is C17H21NO7S2. The molecule has 1 aromatic carbocycles. The van der Waals surface area contributed by atoms with Gasteiger partial charge in [-0.15, -0.1) is 11.8 Å². The van der Waals surface area contributed by atoms with E-state index in [1.54, 1.807) is 12.1 Å². The normalized spacial score (nSPS) is 21.3. The van der Waals surface area contributed by atoms with Gasteiger partial charge in [0.25, 0.3) is 5.91 Å².